The van der Waals surface area contributed by atoms with Crippen molar-refractivity contribution in [1.82, 2.24) is 10.3 Å². The molecule has 2 aromatic rings. The van der Waals surface area contributed by atoms with Crippen molar-refractivity contribution >= 4 is 11.5 Å². The highest BCUT2D eigenvalue weighted by Crippen LogP contribution is 2.29. The molecule has 0 fully saturated rings. The number of nitrogens with zero attached hydrogens (tertiary/aromatic N) is 4. The molecule has 1 aliphatic rings. The number of benzene rings is 1. The molecule has 0 saturated heterocycles. The van der Waals surface area contributed by atoms with E-state index in [0.29, 0.717) is 5.82 Å². The first kappa shape index (κ1) is 15.0. The fourth-order valence-corrected chi connectivity index (χ4v) is 2.33. The van der Waals surface area contributed by atoms with Crippen LogP contribution >= 0.6 is 0 Å². The number of aromatic nitrogens is 1. The van der Waals surface area contributed by atoms with E-state index in [-0.39, 0.29) is 0 Å². The van der Waals surface area contributed by atoms with Gasteiger partial charge in [-0.3, -0.25) is 0 Å². The molecule has 3 rings (SSSR count). The summed E-state index contributed by atoms with van der Waals surface area (Å²) in [5.74, 6) is 0.585. The second kappa shape index (κ2) is 6.44. The average Bonchev–Trinajstić information content (AvgIpc) is 2.62. The molecular formula is C18H19N5. The van der Waals surface area contributed by atoms with Gasteiger partial charge in [-0.2, -0.15) is 0 Å². The fourth-order valence-electron chi connectivity index (χ4n) is 2.33. The van der Waals surface area contributed by atoms with E-state index in [0.717, 1.165) is 11.3 Å². The van der Waals surface area contributed by atoms with Gasteiger partial charge in [-0.1, -0.05) is 24.3 Å². The van der Waals surface area contributed by atoms with Crippen LogP contribution < -0.4 is 10.2 Å². The van der Waals surface area contributed by atoms with E-state index < -0.39 is 5.66 Å². The molecule has 5 nitrogen and oxygen atoms in total. The number of rotatable bonds is 4. The Hall–Kier alpha value is -2.95. The summed E-state index contributed by atoms with van der Waals surface area (Å²) in [6, 6.07) is 13.8. The van der Waals surface area contributed by atoms with E-state index in [1.807, 2.05) is 56.7 Å². The lowest BCUT2D eigenvalue weighted by molar-refractivity contribution is 0.473. The minimum Gasteiger partial charge on any atom is -0.378 e. The Kier molecular flexibility index (Phi) is 4.19. The van der Waals surface area contributed by atoms with Crippen molar-refractivity contribution in [3.8, 4) is 0 Å². The van der Waals surface area contributed by atoms with Crippen LogP contribution in [0, 0.1) is 0 Å². The van der Waals surface area contributed by atoms with Crippen LogP contribution in [0.4, 0.5) is 11.5 Å². The van der Waals surface area contributed by atoms with Crippen LogP contribution in [0.2, 0.25) is 0 Å². The Morgan fingerprint density at radius 2 is 1.87 bits per heavy atom. The molecule has 1 N–H and O–H groups in total. The van der Waals surface area contributed by atoms with Gasteiger partial charge in [0.05, 0.1) is 0 Å². The molecule has 116 valence electrons. The summed E-state index contributed by atoms with van der Waals surface area (Å²) in [7, 11) is 4.04. The van der Waals surface area contributed by atoms with Crippen molar-refractivity contribution in [1.29, 1.82) is 0 Å². The predicted octanol–water partition coefficient (Wildman–Crippen LogP) is 3.76. The van der Waals surface area contributed by atoms with Gasteiger partial charge in [0, 0.05) is 31.5 Å². The lowest BCUT2D eigenvalue weighted by Gasteiger charge is -2.28. The zero-order valence-electron chi connectivity index (χ0n) is 13.2. The Bertz CT molecular complexity index is 732. The Labute approximate surface area is 136 Å². The summed E-state index contributed by atoms with van der Waals surface area (Å²) in [5.41, 5.74) is 1.45. The number of pyridine rings is 1. The van der Waals surface area contributed by atoms with Gasteiger partial charge in [0.2, 0.25) is 0 Å². The van der Waals surface area contributed by atoms with Gasteiger partial charge in [0.1, 0.15) is 0 Å². The predicted molar refractivity (Wildman–Crippen MR) is 92.6 cm³/mol. The molecular weight excluding hydrogens is 286 g/mol. The molecule has 1 unspecified atom stereocenters. The van der Waals surface area contributed by atoms with E-state index in [4.69, 9.17) is 0 Å². The third-order valence-corrected chi connectivity index (χ3v) is 3.63. The van der Waals surface area contributed by atoms with Crippen LogP contribution in [0.1, 0.15) is 5.56 Å². The van der Waals surface area contributed by atoms with Crippen molar-refractivity contribution in [2.75, 3.05) is 19.0 Å². The number of nitrogens with one attached hydrogen (secondary N) is 1. The third-order valence-electron chi connectivity index (χ3n) is 3.63. The molecule has 1 aliphatic heterocycles. The zero-order chi connectivity index (χ0) is 16.1. The summed E-state index contributed by atoms with van der Waals surface area (Å²) in [4.78, 5) is 6.25. The topological polar surface area (TPSA) is 52.9 Å². The van der Waals surface area contributed by atoms with Gasteiger partial charge in [-0.25, -0.2) is 4.98 Å². The Morgan fingerprint density at radius 3 is 2.48 bits per heavy atom. The SMILES string of the molecule is CN(C)c1ccc(C2(N=Nc3ccccn3)C=CC=CN2)cc1. The van der Waals surface area contributed by atoms with Crippen molar-refractivity contribution in [2.24, 2.45) is 10.2 Å². The maximum atomic E-state index is 4.53. The zero-order valence-corrected chi connectivity index (χ0v) is 13.2. The molecule has 0 spiro atoms. The number of hydrogen-bond acceptors (Lipinski definition) is 5. The Morgan fingerprint density at radius 1 is 1.04 bits per heavy atom. The molecule has 2 heterocycles. The Balaban J connectivity index is 1.95. The first-order valence-corrected chi connectivity index (χ1v) is 7.43. The first-order chi connectivity index (χ1) is 11.2. The minimum absolute atomic E-state index is 0.585. The molecule has 0 saturated carbocycles. The molecule has 0 amide bonds. The van der Waals surface area contributed by atoms with E-state index >= 15 is 0 Å². The molecule has 0 radical (unpaired) electrons. The van der Waals surface area contributed by atoms with Crippen molar-refractivity contribution in [3.63, 3.8) is 0 Å². The molecule has 0 aliphatic carbocycles. The van der Waals surface area contributed by atoms with Gasteiger partial charge >= 0.3 is 0 Å². The summed E-state index contributed by atoms with van der Waals surface area (Å²) in [6.07, 6.45) is 9.47. The van der Waals surface area contributed by atoms with Gasteiger partial charge in [0.15, 0.2) is 11.5 Å². The first-order valence-electron chi connectivity index (χ1n) is 7.43. The fraction of sp³-hybridized carbons (Fsp3) is 0.167. The highest BCUT2D eigenvalue weighted by Gasteiger charge is 2.29. The highest BCUT2D eigenvalue weighted by molar-refractivity contribution is 5.48. The van der Waals surface area contributed by atoms with E-state index in [1.165, 1.54) is 0 Å². The largest absolute Gasteiger partial charge is 0.378 e. The molecule has 23 heavy (non-hydrogen) atoms. The van der Waals surface area contributed by atoms with Gasteiger partial charge < -0.3 is 10.2 Å². The maximum absolute atomic E-state index is 4.53. The minimum atomic E-state index is -0.711. The normalized spacial score (nSPS) is 19.7. The molecule has 5 heteroatoms. The maximum Gasteiger partial charge on any atom is 0.195 e. The molecule has 1 aromatic heterocycles. The van der Waals surface area contributed by atoms with Crippen LogP contribution in [-0.2, 0) is 5.66 Å². The molecule has 1 atom stereocenters. The third kappa shape index (κ3) is 3.29. The molecule has 0 bridgehead atoms. The number of azo groups is 1. The highest BCUT2D eigenvalue weighted by atomic mass is 15.3. The van der Waals surface area contributed by atoms with Crippen molar-refractivity contribution < 1.29 is 0 Å². The number of anilines is 1. The lowest BCUT2D eigenvalue weighted by atomic mass is 9.98. The second-order valence-electron chi connectivity index (χ2n) is 5.46. The van der Waals surface area contributed by atoms with Crippen molar-refractivity contribution in [3.05, 3.63) is 78.7 Å². The van der Waals surface area contributed by atoms with Gasteiger partial charge in [-0.15, -0.1) is 10.2 Å². The average molecular weight is 305 g/mol. The summed E-state index contributed by atoms with van der Waals surface area (Å²) in [5, 5.41) is 12.1. The summed E-state index contributed by atoms with van der Waals surface area (Å²) < 4.78 is 0. The monoisotopic (exact) mass is 305 g/mol. The van der Waals surface area contributed by atoms with Crippen molar-refractivity contribution in [2.45, 2.75) is 5.66 Å². The summed E-state index contributed by atoms with van der Waals surface area (Å²) in [6.45, 7) is 0. The second-order valence-corrected chi connectivity index (χ2v) is 5.46. The van der Waals surface area contributed by atoms with Crippen LogP contribution in [0.25, 0.3) is 0 Å². The quantitative estimate of drug-likeness (QED) is 0.875. The number of hydrogen-bond donors (Lipinski definition) is 1. The van der Waals surface area contributed by atoms with Gasteiger partial charge in [0.25, 0.3) is 0 Å². The summed E-state index contributed by atoms with van der Waals surface area (Å²) >= 11 is 0. The standard InChI is InChI=1S/C18H19N5/c1-23(2)16-10-8-15(9-11-16)18(12-4-6-14-20-18)22-21-17-7-3-5-13-19-17/h3-14,20H,1-2H3. The van der Waals surface area contributed by atoms with Crippen LogP contribution in [0.15, 0.2) is 83.3 Å². The number of allylic oxidation sites excluding steroid dienone is 2. The van der Waals surface area contributed by atoms with Gasteiger partial charge in [-0.05, 0) is 42.6 Å². The van der Waals surface area contributed by atoms with E-state index in [2.05, 4.69) is 49.7 Å². The smallest absolute Gasteiger partial charge is 0.195 e. The van der Waals surface area contributed by atoms with Crippen LogP contribution in [0.3, 0.4) is 0 Å². The number of dihydropyridines is 1. The molecule has 1 aromatic carbocycles. The lowest BCUT2D eigenvalue weighted by Crippen LogP contribution is -2.36. The van der Waals surface area contributed by atoms with E-state index in [9.17, 15) is 0 Å². The van der Waals surface area contributed by atoms with E-state index in [1.54, 1.807) is 6.20 Å². The van der Waals surface area contributed by atoms with Crippen LogP contribution in [-0.4, -0.2) is 19.1 Å². The van der Waals surface area contributed by atoms with Crippen LogP contribution in [0.5, 0.6) is 0 Å².